The zero-order valence-electron chi connectivity index (χ0n) is 11.3. The number of rotatable bonds is 4. The normalized spacial score (nSPS) is 10.3. The second-order valence-corrected chi connectivity index (χ2v) is 5.37. The van der Waals surface area contributed by atoms with E-state index in [0.29, 0.717) is 5.69 Å². The largest absolute Gasteiger partial charge is 0.478 e. The molecule has 0 amide bonds. The number of hydrogen-bond acceptors (Lipinski definition) is 3. The lowest BCUT2D eigenvalue weighted by Gasteiger charge is -2.13. The van der Waals surface area contributed by atoms with Gasteiger partial charge in [-0.25, -0.2) is 4.79 Å². The van der Waals surface area contributed by atoms with E-state index in [2.05, 4.69) is 33.2 Å². The molecule has 0 unspecified atom stereocenters. The lowest BCUT2D eigenvalue weighted by atomic mass is 10.1. The number of aryl methyl sites for hydroxylation is 2. The van der Waals surface area contributed by atoms with Crippen LogP contribution in [0.1, 0.15) is 28.5 Å². The van der Waals surface area contributed by atoms with Gasteiger partial charge in [0, 0.05) is 22.1 Å². The van der Waals surface area contributed by atoms with E-state index in [-0.39, 0.29) is 5.56 Å². The predicted molar refractivity (Wildman–Crippen MR) is 82.7 cm³/mol. The van der Waals surface area contributed by atoms with Gasteiger partial charge >= 0.3 is 5.97 Å². The van der Waals surface area contributed by atoms with Crippen molar-refractivity contribution in [1.82, 2.24) is 4.98 Å². The van der Waals surface area contributed by atoms with E-state index in [1.54, 1.807) is 6.07 Å². The lowest BCUT2D eigenvalue weighted by Crippen LogP contribution is -2.05. The number of carbonyl (C=O) groups is 1. The molecule has 0 aliphatic rings. The highest BCUT2D eigenvalue weighted by molar-refractivity contribution is 9.10. The molecule has 1 heterocycles. The lowest BCUT2D eigenvalue weighted by molar-refractivity contribution is 0.0697. The topological polar surface area (TPSA) is 62.2 Å². The minimum Gasteiger partial charge on any atom is -0.478 e. The number of benzene rings is 1. The first-order valence-corrected chi connectivity index (χ1v) is 7.06. The van der Waals surface area contributed by atoms with Gasteiger partial charge in [-0.2, -0.15) is 0 Å². The molecule has 0 radical (unpaired) electrons. The summed E-state index contributed by atoms with van der Waals surface area (Å²) in [4.78, 5) is 15.3. The Hall–Kier alpha value is -1.88. The van der Waals surface area contributed by atoms with E-state index in [9.17, 15) is 9.90 Å². The monoisotopic (exact) mass is 334 g/mol. The molecule has 1 aromatic carbocycles. The van der Waals surface area contributed by atoms with Crippen molar-refractivity contribution in [2.75, 3.05) is 5.32 Å². The molecule has 2 rings (SSSR count). The van der Waals surface area contributed by atoms with E-state index in [1.807, 2.05) is 25.1 Å². The second-order valence-electron chi connectivity index (χ2n) is 4.46. The van der Waals surface area contributed by atoms with E-state index < -0.39 is 5.97 Å². The van der Waals surface area contributed by atoms with E-state index in [0.717, 1.165) is 27.8 Å². The summed E-state index contributed by atoms with van der Waals surface area (Å²) in [6, 6.07) is 7.63. The maximum Gasteiger partial charge on any atom is 0.339 e. The number of nitrogens with one attached hydrogen (secondary N) is 1. The maximum absolute atomic E-state index is 11.2. The van der Waals surface area contributed by atoms with Gasteiger partial charge in [-0.15, -0.1) is 0 Å². The minimum atomic E-state index is -0.991. The smallest absolute Gasteiger partial charge is 0.339 e. The third kappa shape index (κ3) is 3.17. The van der Waals surface area contributed by atoms with Gasteiger partial charge in [-0.1, -0.05) is 22.9 Å². The fourth-order valence-electron chi connectivity index (χ4n) is 1.96. The summed E-state index contributed by atoms with van der Waals surface area (Å²) in [7, 11) is 0. The summed E-state index contributed by atoms with van der Waals surface area (Å²) < 4.78 is 1.00. The van der Waals surface area contributed by atoms with Gasteiger partial charge in [0.2, 0.25) is 0 Å². The highest BCUT2D eigenvalue weighted by Gasteiger charge is 2.12. The molecule has 0 aliphatic heterocycles. The maximum atomic E-state index is 11.2. The number of nitrogens with zero attached hydrogens (tertiary/aromatic N) is 1. The van der Waals surface area contributed by atoms with Crippen molar-refractivity contribution < 1.29 is 9.90 Å². The van der Waals surface area contributed by atoms with Crippen LogP contribution in [-0.4, -0.2) is 16.1 Å². The molecular weight excluding hydrogens is 320 g/mol. The van der Waals surface area contributed by atoms with Crippen LogP contribution in [0, 0.1) is 6.92 Å². The summed E-state index contributed by atoms with van der Waals surface area (Å²) in [6.07, 6.45) is 2.23. The molecule has 4 nitrogen and oxygen atoms in total. The predicted octanol–water partition coefficient (Wildman–Crippen LogP) is 4.16. The third-order valence-electron chi connectivity index (χ3n) is 2.99. The quantitative estimate of drug-likeness (QED) is 0.881. The minimum absolute atomic E-state index is 0.167. The summed E-state index contributed by atoms with van der Waals surface area (Å²) in [5.74, 6) is -0.991. The molecule has 5 heteroatoms. The molecule has 1 aromatic heterocycles. The molecule has 0 aliphatic carbocycles. The number of pyridine rings is 1. The van der Waals surface area contributed by atoms with Crippen LogP contribution < -0.4 is 5.32 Å². The molecular formula is C15H15BrN2O2. The SMILES string of the molecule is CCc1cc(Br)ccc1Nc1cc(C)ncc1C(=O)O. The zero-order chi connectivity index (χ0) is 14.7. The molecule has 0 spiro atoms. The van der Waals surface area contributed by atoms with Gasteiger partial charge in [-0.05, 0) is 43.2 Å². The highest BCUT2D eigenvalue weighted by Crippen LogP contribution is 2.27. The van der Waals surface area contributed by atoms with Crippen molar-refractivity contribution in [3.05, 3.63) is 51.8 Å². The van der Waals surface area contributed by atoms with Gasteiger partial charge in [0.25, 0.3) is 0 Å². The molecule has 0 atom stereocenters. The number of aromatic nitrogens is 1. The van der Waals surface area contributed by atoms with Gasteiger partial charge in [0.1, 0.15) is 5.56 Å². The van der Waals surface area contributed by atoms with Crippen molar-refractivity contribution in [1.29, 1.82) is 0 Å². The highest BCUT2D eigenvalue weighted by atomic mass is 79.9. The second kappa shape index (κ2) is 6.05. The molecule has 2 N–H and O–H groups in total. The van der Waals surface area contributed by atoms with Gasteiger partial charge in [0.15, 0.2) is 0 Å². The molecule has 0 bridgehead atoms. The number of carboxylic acids is 1. The van der Waals surface area contributed by atoms with Crippen LogP contribution in [0.2, 0.25) is 0 Å². The fourth-order valence-corrected chi connectivity index (χ4v) is 2.36. The number of carboxylic acid groups (broad SMARTS) is 1. The standard InChI is InChI=1S/C15H15BrN2O2/c1-3-10-7-11(16)4-5-13(10)18-14-6-9(2)17-8-12(14)15(19)20/h4-8H,3H2,1-2H3,(H,17,18)(H,19,20). The van der Waals surface area contributed by atoms with Crippen LogP contribution in [-0.2, 0) is 6.42 Å². The Labute approximate surface area is 126 Å². The first-order chi connectivity index (χ1) is 9.51. The Morgan fingerprint density at radius 2 is 2.10 bits per heavy atom. The van der Waals surface area contributed by atoms with Crippen LogP contribution in [0.25, 0.3) is 0 Å². The summed E-state index contributed by atoms with van der Waals surface area (Å²) in [5.41, 5.74) is 3.52. The van der Waals surface area contributed by atoms with Crippen LogP contribution in [0.3, 0.4) is 0 Å². The van der Waals surface area contributed by atoms with Crippen molar-refractivity contribution >= 4 is 33.3 Å². The molecule has 0 saturated heterocycles. The Kier molecular flexibility index (Phi) is 4.39. The van der Waals surface area contributed by atoms with Crippen LogP contribution >= 0.6 is 15.9 Å². The molecule has 0 saturated carbocycles. The fraction of sp³-hybridized carbons (Fsp3) is 0.200. The molecule has 104 valence electrons. The average Bonchev–Trinajstić information content (AvgIpc) is 2.40. The van der Waals surface area contributed by atoms with Crippen molar-refractivity contribution in [3.8, 4) is 0 Å². The number of aromatic carboxylic acids is 1. The van der Waals surface area contributed by atoms with Crippen LogP contribution in [0.4, 0.5) is 11.4 Å². The van der Waals surface area contributed by atoms with Crippen molar-refractivity contribution in [2.45, 2.75) is 20.3 Å². The number of hydrogen-bond donors (Lipinski definition) is 2. The summed E-state index contributed by atoms with van der Waals surface area (Å²) >= 11 is 3.44. The molecule has 0 fully saturated rings. The van der Waals surface area contributed by atoms with Crippen molar-refractivity contribution in [2.24, 2.45) is 0 Å². The van der Waals surface area contributed by atoms with Gasteiger partial charge < -0.3 is 10.4 Å². The Morgan fingerprint density at radius 3 is 2.75 bits per heavy atom. The van der Waals surface area contributed by atoms with Crippen molar-refractivity contribution in [3.63, 3.8) is 0 Å². The van der Waals surface area contributed by atoms with Crippen LogP contribution in [0.15, 0.2) is 34.9 Å². The Bertz CT molecular complexity index is 656. The van der Waals surface area contributed by atoms with Crippen LogP contribution in [0.5, 0.6) is 0 Å². The first-order valence-electron chi connectivity index (χ1n) is 6.26. The molecule has 2 aromatic rings. The average molecular weight is 335 g/mol. The summed E-state index contributed by atoms with van der Waals surface area (Å²) in [5, 5.41) is 12.4. The number of anilines is 2. The van der Waals surface area contributed by atoms with Gasteiger partial charge in [0.05, 0.1) is 5.69 Å². The Morgan fingerprint density at radius 1 is 1.35 bits per heavy atom. The number of halogens is 1. The molecule has 20 heavy (non-hydrogen) atoms. The van der Waals surface area contributed by atoms with E-state index >= 15 is 0 Å². The van der Waals surface area contributed by atoms with Gasteiger partial charge in [-0.3, -0.25) is 4.98 Å². The van der Waals surface area contributed by atoms with E-state index in [4.69, 9.17) is 0 Å². The summed E-state index contributed by atoms with van der Waals surface area (Å²) in [6.45, 7) is 3.89. The Balaban J connectivity index is 2.44. The third-order valence-corrected chi connectivity index (χ3v) is 3.48. The van der Waals surface area contributed by atoms with E-state index in [1.165, 1.54) is 6.20 Å². The zero-order valence-corrected chi connectivity index (χ0v) is 12.9. The first kappa shape index (κ1) is 14.5.